The summed E-state index contributed by atoms with van der Waals surface area (Å²) in [6.45, 7) is 18.9. The van der Waals surface area contributed by atoms with Gasteiger partial charge in [0.2, 0.25) is 0 Å². The Hall–Kier alpha value is 0.0649. The Bertz CT molecular complexity index is 162. The van der Waals surface area contributed by atoms with Crippen molar-refractivity contribution in [3.8, 4) is 0 Å². The molecular weight excluding hydrogens is 203 g/mol. The van der Waals surface area contributed by atoms with Crippen molar-refractivity contribution in [2.75, 3.05) is 0 Å². The summed E-state index contributed by atoms with van der Waals surface area (Å²) in [7, 11) is 2.68. The quantitative estimate of drug-likeness (QED) is 0.477. The molecule has 1 heteroatoms. The van der Waals surface area contributed by atoms with Crippen LogP contribution in [0.5, 0.6) is 0 Å². The Balaban J connectivity index is 4.45. The van der Waals surface area contributed by atoms with Gasteiger partial charge in [0, 0.05) is 0 Å². The molecule has 0 N–H and O–H groups in total. The monoisotopic (exact) mass is 237 g/mol. The second kappa shape index (κ2) is 8.22. The normalized spacial score (nSPS) is 16.0. The van der Waals surface area contributed by atoms with E-state index in [-0.39, 0.29) is 0 Å². The second-order valence-corrected chi connectivity index (χ2v) is 7.27. The molecule has 2 unspecified atom stereocenters. The first-order valence-corrected chi connectivity index (χ1v) is 7.59. The van der Waals surface area contributed by atoms with Crippen LogP contribution in [-0.4, -0.2) is 7.28 Å². The van der Waals surface area contributed by atoms with Crippen molar-refractivity contribution in [3.05, 3.63) is 0 Å². The minimum atomic E-state index is 0.783. The highest BCUT2D eigenvalue weighted by molar-refractivity contribution is 6.39. The summed E-state index contributed by atoms with van der Waals surface area (Å²) >= 11 is 0. The van der Waals surface area contributed by atoms with Crippen molar-refractivity contribution in [2.24, 2.45) is 23.7 Å². The molecule has 2 atom stereocenters. The van der Waals surface area contributed by atoms with Gasteiger partial charge in [0.05, 0.1) is 0 Å². The predicted molar refractivity (Wildman–Crippen MR) is 81.8 cm³/mol. The van der Waals surface area contributed by atoms with Gasteiger partial charge in [-0.3, -0.25) is 0 Å². The summed E-state index contributed by atoms with van der Waals surface area (Å²) in [5.74, 6) is 4.77. The van der Waals surface area contributed by atoms with Crippen LogP contribution in [0.3, 0.4) is 0 Å². The first-order valence-electron chi connectivity index (χ1n) is 7.59. The molecule has 0 heterocycles. The predicted octanol–water partition coefficient (Wildman–Crippen LogP) is 5.67. The van der Waals surface area contributed by atoms with Crippen LogP contribution in [0.2, 0.25) is 11.6 Å². The Labute approximate surface area is 111 Å². The van der Waals surface area contributed by atoms with Crippen LogP contribution in [0.15, 0.2) is 0 Å². The zero-order chi connectivity index (χ0) is 13.6. The Kier molecular flexibility index (Phi) is 8.25. The van der Waals surface area contributed by atoms with Crippen molar-refractivity contribution in [2.45, 2.75) is 79.9 Å². The average Bonchev–Trinajstić information content (AvgIpc) is 2.13. The molecule has 0 rings (SSSR count). The molecule has 0 saturated carbocycles. The van der Waals surface area contributed by atoms with E-state index in [1.165, 1.54) is 12.8 Å². The molecule has 0 bridgehead atoms. The first kappa shape index (κ1) is 17.1. The van der Waals surface area contributed by atoms with E-state index in [1.807, 2.05) is 0 Å². The van der Waals surface area contributed by atoms with E-state index in [0.717, 1.165) is 35.3 Å². The molecule has 1 radical (unpaired) electrons. The molecule has 0 spiro atoms. The summed E-state index contributed by atoms with van der Waals surface area (Å²) in [5, 5.41) is 0. The van der Waals surface area contributed by atoms with E-state index in [4.69, 9.17) is 0 Å². The first-order chi connectivity index (χ1) is 7.73. The van der Waals surface area contributed by atoms with Gasteiger partial charge in [-0.25, -0.2) is 0 Å². The second-order valence-electron chi connectivity index (χ2n) is 7.27. The van der Waals surface area contributed by atoms with E-state index in [9.17, 15) is 0 Å². The van der Waals surface area contributed by atoms with Crippen LogP contribution >= 0.6 is 0 Å². The van der Waals surface area contributed by atoms with Gasteiger partial charge in [-0.05, 0) is 11.8 Å². The van der Waals surface area contributed by atoms with Gasteiger partial charge in [-0.2, -0.15) is 0 Å². The Morgan fingerprint density at radius 1 is 0.588 bits per heavy atom. The molecule has 0 saturated heterocycles. The lowest BCUT2D eigenvalue weighted by Gasteiger charge is -2.30. The van der Waals surface area contributed by atoms with Crippen LogP contribution < -0.4 is 0 Å². The van der Waals surface area contributed by atoms with E-state index in [2.05, 4.69) is 62.7 Å². The van der Waals surface area contributed by atoms with Gasteiger partial charge < -0.3 is 0 Å². The topological polar surface area (TPSA) is 0 Å². The van der Waals surface area contributed by atoms with Crippen molar-refractivity contribution in [1.29, 1.82) is 0 Å². The number of hydrogen-bond acceptors (Lipinski definition) is 0. The molecule has 0 aliphatic rings. The maximum Gasteiger partial charge on any atom is 0.118 e. The molecule has 0 aliphatic heterocycles. The lowest BCUT2D eigenvalue weighted by molar-refractivity contribution is 0.436. The highest BCUT2D eigenvalue weighted by Crippen LogP contribution is 2.34. The zero-order valence-electron chi connectivity index (χ0n) is 13.5. The molecule has 0 aromatic heterocycles. The third-order valence-corrected chi connectivity index (χ3v) is 3.69. The highest BCUT2D eigenvalue weighted by Gasteiger charge is 2.24. The maximum absolute atomic E-state index is 2.68. The van der Waals surface area contributed by atoms with Crippen LogP contribution in [0.1, 0.15) is 68.2 Å². The summed E-state index contributed by atoms with van der Waals surface area (Å²) in [4.78, 5) is 0. The van der Waals surface area contributed by atoms with Crippen molar-refractivity contribution in [1.82, 2.24) is 0 Å². The zero-order valence-corrected chi connectivity index (χ0v) is 13.5. The smallest absolute Gasteiger partial charge is 0.0661 e. The summed E-state index contributed by atoms with van der Waals surface area (Å²) in [6.07, 6.45) is 2.69. The third-order valence-electron chi connectivity index (χ3n) is 3.69. The van der Waals surface area contributed by atoms with Crippen molar-refractivity contribution >= 4 is 7.28 Å². The maximum atomic E-state index is 2.68. The molecule has 0 aliphatic carbocycles. The molecule has 17 heavy (non-hydrogen) atoms. The van der Waals surface area contributed by atoms with Crippen molar-refractivity contribution in [3.63, 3.8) is 0 Å². The minimum Gasteiger partial charge on any atom is -0.0661 e. The van der Waals surface area contributed by atoms with Crippen LogP contribution in [-0.2, 0) is 0 Å². The van der Waals surface area contributed by atoms with Gasteiger partial charge in [0.15, 0.2) is 0 Å². The lowest BCUT2D eigenvalue weighted by Crippen LogP contribution is -2.22. The molecule has 0 nitrogen and oxygen atoms in total. The van der Waals surface area contributed by atoms with Gasteiger partial charge in [-0.1, -0.05) is 91.7 Å². The Morgan fingerprint density at radius 2 is 0.882 bits per heavy atom. The minimum absolute atomic E-state index is 0.783. The largest absolute Gasteiger partial charge is 0.118 e. The van der Waals surface area contributed by atoms with Crippen LogP contribution in [0, 0.1) is 23.7 Å². The summed E-state index contributed by atoms with van der Waals surface area (Å²) in [6, 6.07) is 0. The van der Waals surface area contributed by atoms with Gasteiger partial charge in [0.25, 0.3) is 0 Å². The standard InChI is InChI=1S/C16H34B/c1-11(2)9-15(13(5)6)17-16(14(7)8)10-12(3)4/h11-16H,9-10H2,1-8H3. The molecule has 101 valence electrons. The number of rotatable bonds is 8. The van der Waals surface area contributed by atoms with Gasteiger partial charge in [-0.15, -0.1) is 0 Å². The fraction of sp³-hybridized carbons (Fsp3) is 1.00. The summed E-state index contributed by atoms with van der Waals surface area (Å²) < 4.78 is 0. The van der Waals surface area contributed by atoms with Gasteiger partial charge >= 0.3 is 0 Å². The fourth-order valence-electron chi connectivity index (χ4n) is 2.55. The lowest BCUT2D eigenvalue weighted by atomic mass is 9.46. The van der Waals surface area contributed by atoms with Crippen LogP contribution in [0.4, 0.5) is 0 Å². The molecule has 0 fully saturated rings. The van der Waals surface area contributed by atoms with Crippen LogP contribution in [0.25, 0.3) is 0 Å². The number of hydrogen-bond donors (Lipinski definition) is 0. The Morgan fingerprint density at radius 3 is 1.06 bits per heavy atom. The fourth-order valence-corrected chi connectivity index (χ4v) is 2.55. The molecule has 0 aromatic rings. The van der Waals surface area contributed by atoms with E-state index >= 15 is 0 Å². The summed E-state index contributed by atoms with van der Waals surface area (Å²) in [5.41, 5.74) is 0. The molecule has 0 aromatic carbocycles. The van der Waals surface area contributed by atoms with E-state index < -0.39 is 0 Å². The SMILES string of the molecule is CC(C)CC([B]C(CC(C)C)C(C)C)C(C)C. The van der Waals surface area contributed by atoms with E-state index in [1.54, 1.807) is 0 Å². The van der Waals surface area contributed by atoms with E-state index in [0.29, 0.717) is 0 Å². The molecular formula is C16H34B. The highest BCUT2D eigenvalue weighted by atomic mass is 14.2. The third kappa shape index (κ3) is 7.89. The van der Waals surface area contributed by atoms with Gasteiger partial charge in [0.1, 0.15) is 7.28 Å². The van der Waals surface area contributed by atoms with Crippen molar-refractivity contribution < 1.29 is 0 Å². The average molecular weight is 237 g/mol. The molecule has 0 amide bonds.